The van der Waals surface area contributed by atoms with Crippen LogP contribution in [0, 0.1) is 0 Å². The highest BCUT2D eigenvalue weighted by atomic mass is 16.4. The molecular formula is C14H12N4O3. The van der Waals surface area contributed by atoms with E-state index in [1.165, 1.54) is 10.6 Å². The van der Waals surface area contributed by atoms with E-state index in [9.17, 15) is 9.59 Å². The van der Waals surface area contributed by atoms with E-state index in [1.807, 2.05) is 6.07 Å². The minimum absolute atomic E-state index is 0.216. The van der Waals surface area contributed by atoms with Gasteiger partial charge in [-0.15, -0.1) is 0 Å². The van der Waals surface area contributed by atoms with Gasteiger partial charge in [-0.25, -0.2) is 0 Å². The average molecular weight is 284 g/mol. The number of hydrogen-bond donors (Lipinski definition) is 1. The number of rotatable bonds is 3. The van der Waals surface area contributed by atoms with E-state index < -0.39 is 5.97 Å². The molecular weight excluding hydrogens is 272 g/mol. The summed E-state index contributed by atoms with van der Waals surface area (Å²) in [4.78, 5) is 27.1. The molecule has 0 fully saturated rings. The van der Waals surface area contributed by atoms with E-state index in [1.54, 1.807) is 36.0 Å². The van der Waals surface area contributed by atoms with Gasteiger partial charge in [-0.3, -0.25) is 14.6 Å². The van der Waals surface area contributed by atoms with Crippen molar-refractivity contribution in [3.8, 4) is 11.4 Å². The molecule has 7 nitrogen and oxygen atoms in total. The Kier molecular flexibility index (Phi) is 3.02. The second-order valence-electron chi connectivity index (χ2n) is 4.62. The third-order valence-corrected chi connectivity index (χ3v) is 3.22. The van der Waals surface area contributed by atoms with Gasteiger partial charge in [-0.05, 0) is 12.1 Å². The van der Waals surface area contributed by atoms with Gasteiger partial charge in [0.05, 0.1) is 12.1 Å². The van der Waals surface area contributed by atoms with Gasteiger partial charge in [0.1, 0.15) is 11.3 Å². The lowest BCUT2D eigenvalue weighted by molar-refractivity contribution is -0.136. The molecule has 0 aliphatic heterocycles. The van der Waals surface area contributed by atoms with Crippen LogP contribution in [0.2, 0.25) is 0 Å². The highest BCUT2D eigenvalue weighted by Gasteiger charge is 2.13. The Labute approximate surface area is 119 Å². The zero-order chi connectivity index (χ0) is 15.0. The molecule has 3 rings (SSSR count). The monoisotopic (exact) mass is 284 g/mol. The van der Waals surface area contributed by atoms with Crippen LogP contribution < -0.4 is 5.56 Å². The lowest BCUT2D eigenvalue weighted by atomic mass is 10.2. The minimum Gasteiger partial charge on any atom is -0.481 e. The van der Waals surface area contributed by atoms with Gasteiger partial charge in [0.15, 0.2) is 0 Å². The van der Waals surface area contributed by atoms with Crippen LogP contribution in [0.15, 0.2) is 41.3 Å². The SMILES string of the molecule is Cn1c(CC(=O)O)cc(=O)n2nc(-c3ccccn3)cc12. The predicted molar refractivity (Wildman–Crippen MR) is 75.0 cm³/mol. The van der Waals surface area contributed by atoms with E-state index in [-0.39, 0.29) is 12.0 Å². The smallest absolute Gasteiger partial charge is 0.309 e. The molecule has 0 saturated heterocycles. The van der Waals surface area contributed by atoms with Crippen molar-refractivity contribution in [3.63, 3.8) is 0 Å². The number of carboxylic acids is 1. The number of aryl methyl sites for hydroxylation is 1. The topological polar surface area (TPSA) is 89.5 Å². The van der Waals surface area contributed by atoms with Gasteiger partial charge in [-0.1, -0.05) is 6.07 Å². The molecule has 0 unspecified atom stereocenters. The first-order chi connectivity index (χ1) is 10.1. The maximum absolute atomic E-state index is 12.1. The van der Waals surface area contributed by atoms with E-state index in [4.69, 9.17) is 5.11 Å². The number of aliphatic carboxylic acids is 1. The van der Waals surface area contributed by atoms with Crippen molar-refractivity contribution in [1.82, 2.24) is 19.2 Å². The van der Waals surface area contributed by atoms with Crippen molar-refractivity contribution in [2.75, 3.05) is 0 Å². The Morgan fingerprint density at radius 2 is 2.10 bits per heavy atom. The zero-order valence-corrected chi connectivity index (χ0v) is 11.2. The first kappa shape index (κ1) is 13.0. The molecule has 3 aromatic heterocycles. The van der Waals surface area contributed by atoms with Crippen LogP contribution in [0.25, 0.3) is 17.0 Å². The molecule has 106 valence electrons. The normalized spacial score (nSPS) is 10.9. The summed E-state index contributed by atoms with van der Waals surface area (Å²) in [5.41, 5.74) is 1.81. The third kappa shape index (κ3) is 2.29. The Bertz CT molecular complexity index is 880. The Morgan fingerprint density at radius 3 is 2.76 bits per heavy atom. The standard InChI is InChI=1S/C14H12N4O3/c1-17-9(7-14(20)21)6-13(19)18-12(17)8-11(16-18)10-4-2-3-5-15-10/h2-6,8H,7H2,1H3,(H,20,21). The van der Waals surface area contributed by atoms with Crippen LogP contribution in [-0.2, 0) is 18.3 Å². The first-order valence-electron chi connectivity index (χ1n) is 6.28. The van der Waals surface area contributed by atoms with Gasteiger partial charge in [0, 0.05) is 31.1 Å². The van der Waals surface area contributed by atoms with Crippen molar-refractivity contribution < 1.29 is 9.90 Å². The van der Waals surface area contributed by atoms with Gasteiger partial charge in [0.2, 0.25) is 0 Å². The Balaban J connectivity index is 2.22. The molecule has 3 aromatic rings. The molecule has 7 heteroatoms. The predicted octanol–water partition coefficient (Wildman–Crippen LogP) is 0.722. The van der Waals surface area contributed by atoms with Gasteiger partial charge < -0.3 is 9.67 Å². The fourth-order valence-corrected chi connectivity index (χ4v) is 2.18. The highest BCUT2D eigenvalue weighted by Crippen LogP contribution is 2.16. The maximum Gasteiger partial charge on any atom is 0.309 e. The summed E-state index contributed by atoms with van der Waals surface area (Å²) in [5, 5.41) is 13.1. The zero-order valence-electron chi connectivity index (χ0n) is 11.2. The molecule has 0 saturated carbocycles. The second kappa shape index (κ2) is 4.86. The van der Waals surface area contributed by atoms with Crippen molar-refractivity contribution in [1.29, 1.82) is 0 Å². The van der Waals surface area contributed by atoms with Crippen molar-refractivity contribution in [2.24, 2.45) is 7.05 Å². The molecule has 0 radical (unpaired) electrons. The summed E-state index contributed by atoms with van der Waals surface area (Å²) in [7, 11) is 1.71. The third-order valence-electron chi connectivity index (χ3n) is 3.22. The average Bonchev–Trinajstić information content (AvgIpc) is 2.91. The number of carboxylic acid groups (broad SMARTS) is 1. The second-order valence-corrected chi connectivity index (χ2v) is 4.62. The number of carbonyl (C=O) groups is 1. The molecule has 0 atom stereocenters. The Hall–Kier alpha value is -2.96. The van der Waals surface area contributed by atoms with E-state index in [0.29, 0.717) is 22.7 Å². The van der Waals surface area contributed by atoms with Crippen LogP contribution in [0.1, 0.15) is 5.69 Å². The summed E-state index contributed by atoms with van der Waals surface area (Å²) in [6.45, 7) is 0. The summed E-state index contributed by atoms with van der Waals surface area (Å²) in [6, 6.07) is 8.43. The maximum atomic E-state index is 12.1. The van der Waals surface area contributed by atoms with Crippen LogP contribution in [0.4, 0.5) is 0 Å². The number of pyridine rings is 1. The number of hydrogen-bond acceptors (Lipinski definition) is 4. The largest absolute Gasteiger partial charge is 0.481 e. The summed E-state index contributed by atoms with van der Waals surface area (Å²) in [5.74, 6) is -0.987. The van der Waals surface area contributed by atoms with E-state index >= 15 is 0 Å². The van der Waals surface area contributed by atoms with Crippen LogP contribution >= 0.6 is 0 Å². The molecule has 0 aromatic carbocycles. The van der Waals surface area contributed by atoms with E-state index in [0.717, 1.165) is 0 Å². The molecule has 0 aliphatic rings. The van der Waals surface area contributed by atoms with Crippen LogP contribution in [-0.4, -0.2) is 30.2 Å². The van der Waals surface area contributed by atoms with Gasteiger partial charge in [0.25, 0.3) is 5.56 Å². The van der Waals surface area contributed by atoms with Gasteiger partial charge >= 0.3 is 5.97 Å². The number of fused-ring (bicyclic) bond motifs is 1. The van der Waals surface area contributed by atoms with Crippen LogP contribution in [0.5, 0.6) is 0 Å². The molecule has 0 spiro atoms. The van der Waals surface area contributed by atoms with Crippen molar-refractivity contribution in [2.45, 2.75) is 6.42 Å². The lowest BCUT2D eigenvalue weighted by Gasteiger charge is -2.07. The highest BCUT2D eigenvalue weighted by molar-refractivity contribution is 5.70. The summed E-state index contributed by atoms with van der Waals surface area (Å²) in [6.07, 6.45) is 1.43. The molecule has 0 amide bonds. The number of nitrogens with zero attached hydrogens (tertiary/aromatic N) is 4. The summed E-state index contributed by atoms with van der Waals surface area (Å²) >= 11 is 0. The van der Waals surface area contributed by atoms with E-state index in [2.05, 4.69) is 10.1 Å². The fraction of sp³-hybridized carbons (Fsp3) is 0.143. The van der Waals surface area contributed by atoms with Gasteiger partial charge in [-0.2, -0.15) is 9.61 Å². The summed E-state index contributed by atoms with van der Waals surface area (Å²) < 4.78 is 2.89. The molecule has 0 bridgehead atoms. The van der Waals surface area contributed by atoms with Crippen molar-refractivity contribution in [3.05, 3.63) is 52.6 Å². The Morgan fingerprint density at radius 1 is 1.29 bits per heavy atom. The molecule has 3 heterocycles. The lowest BCUT2D eigenvalue weighted by Crippen LogP contribution is -2.21. The first-order valence-corrected chi connectivity index (χ1v) is 6.28. The minimum atomic E-state index is -0.987. The number of aromatic nitrogens is 4. The molecule has 0 aliphatic carbocycles. The van der Waals surface area contributed by atoms with Crippen LogP contribution in [0.3, 0.4) is 0 Å². The fourth-order valence-electron chi connectivity index (χ4n) is 2.18. The molecule has 1 N–H and O–H groups in total. The quantitative estimate of drug-likeness (QED) is 0.765. The molecule has 21 heavy (non-hydrogen) atoms. The van der Waals surface area contributed by atoms with Crippen molar-refractivity contribution >= 4 is 11.6 Å².